The van der Waals surface area contributed by atoms with Gasteiger partial charge in [-0.15, -0.1) is 12.4 Å². The maximum atomic E-state index is 12.7. The van der Waals surface area contributed by atoms with Gasteiger partial charge in [-0.25, -0.2) is 0 Å². The van der Waals surface area contributed by atoms with E-state index in [2.05, 4.69) is 4.90 Å². The quantitative estimate of drug-likeness (QED) is 0.569. The highest BCUT2D eigenvalue weighted by Gasteiger charge is 2.28. The molecule has 0 aromatic heterocycles. The van der Waals surface area contributed by atoms with Crippen molar-refractivity contribution in [1.82, 2.24) is 9.80 Å². The molecule has 6 nitrogen and oxygen atoms in total. The molecule has 2 fully saturated rings. The highest BCUT2D eigenvalue weighted by molar-refractivity contribution is 6.01. The van der Waals surface area contributed by atoms with Crippen molar-refractivity contribution in [1.29, 1.82) is 0 Å². The lowest BCUT2D eigenvalue weighted by atomic mass is 10.1. The summed E-state index contributed by atoms with van der Waals surface area (Å²) in [5.41, 5.74) is 2.58. The van der Waals surface area contributed by atoms with Crippen LogP contribution >= 0.6 is 12.4 Å². The van der Waals surface area contributed by atoms with E-state index in [4.69, 9.17) is 4.74 Å². The number of carbonyl (C=O) groups excluding carboxylic acids is 2. The summed E-state index contributed by atoms with van der Waals surface area (Å²) in [6.45, 7) is 7.33. The van der Waals surface area contributed by atoms with Crippen molar-refractivity contribution in [3.63, 3.8) is 0 Å². The summed E-state index contributed by atoms with van der Waals surface area (Å²) in [5.74, 6) is 0.672. The first kappa shape index (κ1) is 25.1. The van der Waals surface area contributed by atoms with E-state index < -0.39 is 0 Å². The molecule has 0 unspecified atom stereocenters. The second kappa shape index (κ2) is 12.1. The Bertz CT molecular complexity index is 911. The van der Waals surface area contributed by atoms with Crippen LogP contribution in [0.1, 0.15) is 41.6 Å². The summed E-state index contributed by atoms with van der Waals surface area (Å²) in [4.78, 5) is 31.3. The van der Waals surface area contributed by atoms with Crippen LogP contribution in [0.3, 0.4) is 0 Å². The number of piperidine rings is 1. The predicted octanol–water partition coefficient (Wildman–Crippen LogP) is 4.16. The smallest absolute Gasteiger partial charge is 0.254 e. The van der Waals surface area contributed by atoms with Crippen LogP contribution in [-0.2, 0) is 4.79 Å². The summed E-state index contributed by atoms with van der Waals surface area (Å²) in [6.07, 6.45) is 5.02. The van der Waals surface area contributed by atoms with Crippen LogP contribution < -0.4 is 9.64 Å². The first-order valence-electron chi connectivity index (χ1n) is 11.7. The van der Waals surface area contributed by atoms with Crippen LogP contribution in [0.15, 0.2) is 48.5 Å². The van der Waals surface area contributed by atoms with Gasteiger partial charge in [0.25, 0.3) is 5.91 Å². The number of anilines is 1. The molecule has 2 aliphatic rings. The molecule has 2 heterocycles. The van der Waals surface area contributed by atoms with E-state index in [-0.39, 0.29) is 30.8 Å². The molecular formula is C26H34ClN3O3. The number of likely N-dealkylation sites (tertiary alicyclic amines) is 1. The van der Waals surface area contributed by atoms with Gasteiger partial charge in [-0.05, 0) is 75.7 Å². The lowest BCUT2D eigenvalue weighted by Crippen LogP contribution is -2.52. The number of rotatable bonds is 7. The number of carbonyl (C=O) groups is 2. The third kappa shape index (κ3) is 6.71. The number of hydrogen-bond acceptors (Lipinski definition) is 4. The van der Waals surface area contributed by atoms with Crippen molar-refractivity contribution < 1.29 is 14.3 Å². The number of amides is 2. The van der Waals surface area contributed by atoms with Crippen molar-refractivity contribution >= 4 is 29.9 Å². The van der Waals surface area contributed by atoms with Crippen LogP contribution in [0.2, 0.25) is 0 Å². The number of nitrogens with zero attached hydrogens (tertiary/aromatic N) is 3. The third-order valence-corrected chi connectivity index (χ3v) is 6.29. The summed E-state index contributed by atoms with van der Waals surface area (Å²) in [5, 5.41) is 0. The topological polar surface area (TPSA) is 53.1 Å². The zero-order valence-corrected chi connectivity index (χ0v) is 20.2. The molecule has 2 aliphatic heterocycles. The molecule has 33 heavy (non-hydrogen) atoms. The molecule has 0 atom stereocenters. The van der Waals surface area contributed by atoms with Crippen molar-refractivity contribution in [2.24, 2.45) is 0 Å². The highest BCUT2D eigenvalue weighted by atomic mass is 35.5. The number of ether oxygens (including phenoxy) is 1. The summed E-state index contributed by atoms with van der Waals surface area (Å²) in [7, 11) is 0. The Kier molecular flexibility index (Phi) is 9.15. The Morgan fingerprint density at radius 3 is 2.27 bits per heavy atom. The van der Waals surface area contributed by atoms with Crippen molar-refractivity contribution in [2.45, 2.75) is 32.6 Å². The molecule has 2 aromatic rings. The van der Waals surface area contributed by atoms with E-state index in [1.165, 1.54) is 32.4 Å². The van der Waals surface area contributed by atoms with Crippen LogP contribution in [-0.4, -0.2) is 67.5 Å². The van der Waals surface area contributed by atoms with E-state index in [9.17, 15) is 9.59 Å². The first-order chi connectivity index (χ1) is 15.6. The second-order valence-electron chi connectivity index (χ2n) is 8.74. The standard InChI is InChI=1S/C26H33N3O3.ClH/c1-21-6-8-22(9-7-21)26(31)28-17-18-29(25(30)20-28)23-10-12-24(13-11-23)32-19-5-16-27-14-3-2-4-15-27;/h6-13H,2-5,14-20H2,1H3;1H. The molecule has 178 valence electrons. The molecule has 2 amide bonds. The zero-order chi connectivity index (χ0) is 22.3. The van der Waals surface area contributed by atoms with Gasteiger partial charge < -0.3 is 19.4 Å². The highest BCUT2D eigenvalue weighted by Crippen LogP contribution is 2.22. The van der Waals surface area contributed by atoms with Gasteiger partial charge in [0.05, 0.1) is 6.61 Å². The van der Waals surface area contributed by atoms with Crippen LogP contribution in [0, 0.1) is 6.92 Å². The van der Waals surface area contributed by atoms with Crippen LogP contribution in [0.25, 0.3) is 0 Å². The van der Waals surface area contributed by atoms with E-state index in [1.807, 2.05) is 55.5 Å². The van der Waals surface area contributed by atoms with E-state index in [0.29, 0.717) is 25.3 Å². The average molecular weight is 472 g/mol. The second-order valence-corrected chi connectivity index (χ2v) is 8.74. The fourth-order valence-corrected chi connectivity index (χ4v) is 4.38. The predicted molar refractivity (Wildman–Crippen MR) is 134 cm³/mol. The molecule has 2 saturated heterocycles. The fourth-order valence-electron chi connectivity index (χ4n) is 4.38. The number of piperazine rings is 1. The van der Waals surface area contributed by atoms with Gasteiger partial charge >= 0.3 is 0 Å². The minimum atomic E-state index is -0.0914. The summed E-state index contributed by atoms with van der Waals surface area (Å²) < 4.78 is 5.89. The monoisotopic (exact) mass is 471 g/mol. The minimum Gasteiger partial charge on any atom is -0.494 e. The first-order valence-corrected chi connectivity index (χ1v) is 11.7. The third-order valence-electron chi connectivity index (χ3n) is 6.29. The van der Waals surface area contributed by atoms with Crippen LogP contribution in [0.4, 0.5) is 5.69 Å². The van der Waals surface area contributed by atoms with Crippen molar-refractivity contribution in [2.75, 3.05) is 50.8 Å². The fraction of sp³-hybridized carbons (Fsp3) is 0.462. The molecular weight excluding hydrogens is 438 g/mol. The Hall–Kier alpha value is -2.57. The maximum absolute atomic E-state index is 12.7. The lowest BCUT2D eigenvalue weighted by molar-refractivity contribution is -0.120. The van der Waals surface area contributed by atoms with Gasteiger partial charge in [-0.3, -0.25) is 9.59 Å². The van der Waals surface area contributed by atoms with Gasteiger partial charge in [-0.1, -0.05) is 24.1 Å². The molecule has 0 radical (unpaired) electrons. The maximum Gasteiger partial charge on any atom is 0.254 e. The average Bonchev–Trinajstić information content (AvgIpc) is 2.83. The largest absolute Gasteiger partial charge is 0.494 e. The number of benzene rings is 2. The molecule has 0 bridgehead atoms. The Morgan fingerprint density at radius 2 is 1.61 bits per heavy atom. The molecule has 0 N–H and O–H groups in total. The van der Waals surface area contributed by atoms with E-state index in [0.717, 1.165) is 30.0 Å². The Labute approximate surface area is 202 Å². The molecule has 4 rings (SSSR count). The number of hydrogen-bond donors (Lipinski definition) is 0. The molecule has 0 saturated carbocycles. The van der Waals surface area contributed by atoms with E-state index >= 15 is 0 Å². The van der Waals surface area contributed by atoms with Crippen LogP contribution in [0.5, 0.6) is 5.75 Å². The Balaban J connectivity index is 0.00000306. The molecule has 2 aromatic carbocycles. The molecule has 0 spiro atoms. The number of halogens is 1. The van der Waals surface area contributed by atoms with Gasteiger partial charge in [0.1, 0.15) is 12.3 Å². The van der Waals surface area contributed by atoms with Crippen molar-refractivity contribution in [3.8, 4) is 5.75 Å². The van der Waals surface area contributed by atoms with Gasteiger partial charge in [0.2, 0.25) is 5.91 Å². The van der Waals surface area contributed by atoms with E-state index in [1.54, 1.807) is 9.80 Å². The number of aryl methyl sites for hydroxylation is 1. The Morgan fingerprint density at radius 1 is 0.909 bits per heavy atom. The SMILES string of the molecule is Cc1ccc(C(=O)N2CCN(c3ccc(OCCCN4CCCCC4)cc3)C(=O)C2)cc1.Cl. The van der Waals surface area contributed by atoms with Crippen molar-refractivity contribution in [3.05, 3.63) is 59.7 Å². The van der Waals surface area contributed by atoms with Gasteiger partial charge in [-0.2, -0.15) is 0 Å². The molecule has 7 heteroatoms. The minimum absolute atomic E-state index is 0. The molecule has 0 aliphatic carbocycles. The van der Waals surface area contributed by atoms with Gasteiger partial charge in [0.15, 0.2) is 0 Å². The summed E-state index contributed by atoms with van der Waals surface area (Å²) in [6, 6.07) is 15.2. The normalized spacial score (nSPS) is 16.9. The zero-order valence-electron chi connectivity index (χ0n) is 19.4. The van der Waals surface area contributed by atoms with Gasteiger partial charge in [0, 0.05) is 30.9 Å². The summed E-state index contributed by atoms with van der Waals surface area (Å²) >= 11 is 0. The lowest BCUT2D eigenvalue weighted by Gasteiger charge is -2.34.